The largest absolute Gasteiger partial charge is 0.272 e. The van der Waals surface area contributed by atoms with Crippen molar-refractivity contribution in [1.29, 1.82) is 0 Å². The lowest BCUT2D eigenvalue weighted by Crippen LogP contribution is -2.24. The van der Waals surface area contributed by atoms with Crippen molar-refractivity contribution in [2.75, 3.05) is 5.75 Å². The number of hydrogen-bond acceptors (Lipinski definition) is 7. The maximum atomic E-state index is 13.2. The molecule has 4 rings (SSSR count). The Balaban J connectivity index is 1.51. The van der Waals surface area contributed by atoms with Crippen LogP contribution in [-0.2, 0) is 4.79 Å². The van der Waals surface area contributed by atoms with Crippen molar-refractivity contribution in [2.45, 2.75) is 5.16 Å². The van der Waals surface area contributed by atoms with E-state index in [0.717, 1.165) is 11.8 Å². The number of aromatic nitrogens is 2. The highest BCUT2D eigenvalue weighted by Crippen LogP contribution is 2.22. The van der Waals surface area contributed by atoms with Crippen LogP contribution < -0.4 is 11.0 Å². The van der Waals surface area contributed by atoms with Crippen LogP contribution in [0.3, 0.4) is 0 Å². The Bertz CT molecular complexity index is 1450. The zero-order valence-corrected chi connectivity index (χ0v) is 19.0. The van der Waals surface area contributed by atoms with E-state index < -0.39 is 10.8 Å². The molecule has 11 heteroatoms. The molecule has 9 nitrogen and oxygen atoms in total. The van der Waals surface area contributed by atoms with Gasteiger partial charge in [-0.1, -0.05) is 35.5 Å². The molecule has 0 radical (unpaired) electrons. The molecule has 34 heavy (non-hydrogen) atoms. The highest BCUT2D eigenvalue weighted by molar-refractivity contribution is 7.99. The van der Waals surface area contributed by atoms with Gasteiger partial charge in [-0.2, -0.15) is 5.10 Å². The maximum Gasteiger partial charge on any atom is 0.269 e. The molecule has 170 valence electrons. The van der Waals surface area contributed by atoms with Gasteiger partial charge >= 0.3 is 0 Å². The molecule has 0 bridgehead atoms. The van der Waals surface area contributed by atoms with E-state index in [9.17, 15) is 19.7 Å². The van der Waals surface area contributed by atoms with E-state index in [0.29, 0.717) is 32.3 Å². The number of nitro groups is 1. The summed E-state index contributed by atoms with van der Waals surface area (Å²) >= 11 is 7.08. The fourth-order valence-corrected chi connectivity index (χ4v) is 3.98. The molecular formula is C23H16ClN5O4S. The lowest BCUT2D eigenvalue weighted by molar-refractivity contribution is -0.384. The van der Waals surface area contributed by atoms with Gasteiger partial charge < -0.3 is 0 Å². The molecule has 0 unspecified atom stereocenters. The second-order valence-electron chi connectivity index (χ2n) is 6.96. The number of nitro benzene ring substituents is 1. The average Bonchev–Trinajstić information content (AvgIpc) is 2.84. The summed E-state index contributed by atoms with van der Waals surface area (Å²) in [6, 6.07) is 19.5. The van der Waals surface area contributed by atoms with Crippen LogP contribution in [0.25, 0.3) is 16.6 Å². The first kappa shape index (κ1) is 23.1. The molecule has 1 N–H and O–H groups in total. The van der Waals surface area contributed by atoms with Crippen LogP contribution in [0, 0.1) is 10.1 Å². The monoisotopic (exact) mass is 493 g/mol. The normalized spacial score (nSPS) is 11.1. The minimum Gasteiger partial charge on any atom is -0.272 e. The smallest absolute Gasteiger partial charge is 0.269 e. The number of carbonyl (C=O) groups is 1. The van der Waals surface area contributed by atoms with Crippen molar-refractivity contribution in [3.05, 3.63) is 104 Å². The van der Waals surface area contributed by atoms with Crippen LogP contribution in [0.4, 0.5) is 5.69 Å². The molecule has 0 fully saturated rings. The van der Waals surface area contributed by atoms with E-state index in [-0.39, 0.29) is 17.0 Å². The van der Waals surface area contributed by atoms with Gasteiger partial charge in [-0.3, -0.25) is 24.3 Å². The van der Waals surface area contributed by atoms with Crippen molar-refractivity contribution in [1.82, 2.24) is 15.0 Å². The van der Waals surface area contributed by atoms with Crippen LogP contribution >= 0.6 is 23.4 Å². The van der Waals surface area contributed by atoms with Crippen molar-refractivity contribution >= 4 is 52.1 Å². The van der Waals surface area contributed by atoms with Crippen LogP contribution in [0.2, 0.25) is 5.02 Å². The number of para-hydroxylation sites is 1. The third-order valence-electron chi connectivity index (χ3n) is 4.67. The maximum absolute atomic E-state index is 13.2. The van der Waals surface area contributed by atoms with Crippen molar-refractivity contribution < 1.29 is 9.72 Å². The second-order valence-corrected chi connectivity index (χ2v) is 8.34. The molecular weight excluding hydrogens is 478 g/mol. The Morgan fingerprint density at radius 1 is 1.12 bits per heavy atom. The SMILES string of the molecule is O=C(CSc1nc2ccccc2c(=O)n1-c1ccc(Cl)cc1)NN=Cc1ccc([N+](=O)[O-])cc1. The van der Waals surface area contributed by atoms with Gasteiger partial charge in [0.05, 0.1) is 33.5 Å². The number of hydrogen-bond donors (Lipinski definition) is 1. The van der Waals surface area contributed by atoms with E-state index in [2.05, 4.69) is 15.5 Å². The van der Waals surface area contributed by atoms with Crippen LogP contribution in [0.5, 0.6) is 0 Å². The summed E-state index contributed by atoms with van der Waals surface area (Å²) in [6.45, 7) is 0. The second kappa shape index (κ2) is 10.3. The van der Waals surface area contributed by atoms with E-state index in [1.54, 1.807) is 48.5 Å². The fourth-order valence-electron chi connectivity index (χ4n) is 3.05. The zero-order valence-electron chi connectivity index (χ0n) is 17.4. The van der Waals surface area contributed by atoms with E-state index in [1.165, 1.54) is 35.0 Å². The summed E-state index contributed by atoms with van der Waals surface area (Å²) in [5.41, 5.74) is 3.80. The Labute approximate surface area is 202 Å². The van der Waals surface area contributed by atoms with Gasteiger partial charge in [-0.15, -0.1) is 0 Å². The van der Waals surface area contributed by atoms with Gasteiger partial charge in [0.1, 0.15) is 0 Å². The summed E-state index contributed by atoms with van der Waals surface area (Å²) < 4.78 is 1.44. The van der Waals surface area contributed by atoms with Gasteiger partial charge in [-0.05, 0) is 54.1 Å². The molecule has 3 aromatic carbocycles. The predicted molar refractivity (Wildman–Crippen MR) is 132 cm³/mol. The van der Waals surface area contributed by atoms with E-state index in [4.69, 9.17) is 11.6 Å². The summed E-state index contributed by atoms with van der Waals surface area (Å²) in [6.07, 6.45) is 1.38. The zero-order chi connectivity index (χ0) is 24.1. The van der Waals surface area contributed by atoms with Crippen LogP contribution in [0.1, 0.15) is 5.56 Å². The number of halogens is 1. The third kappa shape index (κ3) is 5.30. The van der Waals surface area contributed by atoms with Crippen LogP contribution in [-0.4, -0.2) is 32.3 Å². The molecule has 0 atom stereocenters. The first-order chi connectivity index (χ1) is 16.4. The van der Waals surface area contributed by atoms with E-state index in [1.807, 2.05) is 0 Å². The molecule has 0 aliphatic heterocycles. The number of hydrazone groups is 1. The molecule has 1 heterocycles. The Morgan fingerprint density at radius 2 is 1.82 bits per heavy atom. The number of thioether (sulfide) groups is 1. The summed E-state index contributed by atoms with van der Waals surface area (Å²) in [5, 5.41) is 15.9. The molecule has 0 spiro atoms. The summed E-state index contributed by atoms with van der Waals surface area (Å²) in [5.74, 6) is -0.455. The number of benzene rings is 3. The van der Waals surface area contributed by atoms with Gasteiger partial charge in [-0.25, -0.2) is 10.4 Å². The fraction of sp³-hybridized carbons (Fsp3) is 0.0435. The molecule has 0 aliphatic rings. The van der Waals surface area contributed by atoms with Crippen molar-refractivity contribution in [3.8, 4) is 5.69 Å². The number of rotatable bonds is 7. The third-order valence-corrected chi connectivity index (χ3v) is 5.86. The standard InChI is InChI=1S/C23H16ClN5O4S/c24-16-7-11-17(12-8-16)28-22(31)19-3-1-2-4-20(19)26-23(28)34-14-21(30)27-25-13-15-5-9-18(10-6-15)29(32)33/h1-13H,14H2,(H,27,30). The molecule has 4 aromatic rings. The minimum atomic E-state index is -0.496. The predicted octanol–water partition coefficient (Wildman–Crippen LogP) is 4.19. The molecule has 1 amide bonds. The molecule has 0 saturated heterocycles. The van der Waals surface area contributed by atoms with Crippen molar-refractivity contribution in [2.24, 2.45) is 5.10 Å². The van der Waals surface area contributed by atoms with Crippen LogP contribution in [0.15, 0.2) is 87.8 Å². The van der Waals surface area contributed by atoms with Gasteiger partial charge in [0.2, 0.25) is 0 Å². The lowest BCUT2D eigenvalue weighted by Gasteiger charge is -2.13. The highest BCUT2D eigenvalue weighted by Gasteiger charge is 2.14. The molecule has 1 aromatic heterocycles. The van der Waals surface area contributed by atoms with Gasteiger partial charge in [0.25, 0.3) is 17.2 Å². The number of nitrogens with zero attached hydrogens (tertiary/aromatic N) is 4. The Hall–Kier alpha value is -4.02. The quantitative estimate of drug-likeness (QED) is 0.135. The first-order valence-corrected chi connectivity index (χ1v) is 11.3. The summed E-state index contributed by atoms with van der Waals surface area (Å²) in [7, 11) is 0. The minimum absolute atomic E-state index is 0.0350. The average molecular weight is 494 g/mol. The summed E-state index contributed by atoms with van der Waals surface area (Å²) in [4.78, 5) is 40.3. The van der Waals surface area contributed by atoms with Crippen molar-refractivity contribution in [3.63, 3.8) is 0 Å². The number of fused-ring (bicyclic) bond motifs is 1. The Kier molecular flexibility index (Phi) is 7.00. The first-order valence-electron chi connectivity index (χ1n) is 9.89. The van der Waals surface area contributed by atoms with Gasteiger partial charge in [0, 0.05) is 17.2 Å². The number of amides is 1. The number of carbonyl (C=O) groups excluding carboxylic acids is 1. The number of nitrogens with one attached hydrogen (secondary N) is 1. The number of non-ortho nitro benzene ring substituents is 1. The van der Waals surface area contributed by atoms with Gasteiger partial charge in [0.15, 0.2) is 5.16 Å². The van der Waals surface area contributed by atoms with E-state index >= 15 is 0 Å². The lowest BCUT2D eigenvalue weighted by atomic mass is 10.2. The highest BCUT2D eigenvalue weighted by atomic mass is 35.5. The topological polar surface area (TPSA) is 119 Å². The molecule has 0 aliphatic carbocycles. The Morgan fingerprint density at radius 3 is 2.53 bits per heavy atom. The molecule has 0 saturated carbocycles.